The third kappa shape index (κ3) is 4.90. The molecule has 0 saturated carbocycles. The van der Waals surface area contributed by atoms with Gasteiger partial charge in [0.05, 0.1) is 0 Å². The zero-order valence-corrected chi connectivity index (χ0v) is 26.3. The van der Waals surface area contributed by atoms with Crippen molar-refractivity contribution in [3.05, 3.63) is 154 Å². The quantitative estimate of drug-likeness (QED) is 0.188. The smallest absolute Gasteiger partial charge is 0.161 e. The fourth-order valence-corrected chi connectivity index (χ4v) is 8.27. The Morgan fingerprint density at radius 2 is 0.935 bits per heavy atom. The summed E-state index contributed by atoms with van der Waals surface area (Å²) >= 11 is 3.19. The Labute approximate surface area is 272 Å². The molecule has 6 heterocycles. The molecule has 2 aliphatic rings. The fourth-order valence-electron chi connectivity index (χ4n) is 5.64. The van der Waals surface area contributed by atoms with Gasteiger partial charge in [-0.2, -0.15) is 0 Å². The molecule has 224 valence electrons. The van der Waals surface area contributed by atoms with Crippen LogP contribution in [-0.4, -0.2) is 19.9 Å². The van der Waals surface area contributed by atoms with Crippen molar-refractivity contribution in [3.8, 4) is 0 Å². The van der Waals surface area contributed by atoms with Crippen LogP contribution in [0.15, 0.2) is 131 Å². The van der Waals surface area contributed by atoms with Gasteiger partial charge in [-0.15, -0.1) is 0 Å². The molecule has 6 nitrogen and oxygen atoms in total. The summed E-state index contributed by atoms with van der Waals surface area (Å²) in [4.78, 5) is 25.2. The molecule has 2 aromatic carbocycles. The van der Waals surface area contributed by atoms with E-state index in [2.05, 4.69) is 19.8 Å². The Bertz CT molecular complexity index is 2110. The molecule has 46 heavy (non-hydrogen) atoms. The van der Waals surface area contributed by atoms with Crippen molar-refractivity contribution in [1.29, 1.82) is 0 Å². The van der Waals surface area contributed by atoms with E-state index in [9.17, 15) is 8.78 Å². The average molecular weight is 643 g/mol. The molecular formula is C36H24F2N6S2. The van der Waals surface area contributed by atoms with Gasteiger partial charge in [-0.25, -0.2) is 28.7 Å². The molecule has 6 aromatic rings. The molecule has 10 heteroatoms. The summed E-state index contributed by atoms with van der Waals surface area (Å²) in [7, 11) is 0. The number of thioether (sulfide) groups is 2. The van der Waals surface area contributed by atoms with Gasteiger partial charge in [0.2, 0.25) is 0 Å². The minimum absolute atomic E-state index is 0.292. The molecular weight excluding hydrogens is 619 g/mol. The van der Waals surface area contributed by atoms with Crippen LogP contribution in [0.1, 0.15) is 25.0 Å². The second kappa shape index (κ2) is 11.4. The van der Waals surface area contributed by atoms with Crippen molar-refractivity contribution in [2.75, 3.05) is 9.80 Å². The molecule has 0 fully saturated rings. The average Bonchev–Trinajstić information content (AvgIpc) is 3.61. The van der Waals surface area contributed by atoms with E-state index in [4.69, 9.17) is 9.97 Å². The van der Waals surface area contributed by atoms with Gasteiger partial charge in [-0.1, -0.05) is 47.8 Å². The molecule has 0 aliphatic carbocycles. The number of benzene rings is 2. The van der Waals surface area contributed by atoms with Crippen molar-refractivity contribution in [3.63, 3.8) is 0 Å². The number of nitrogens with zero attached hydrogens (tertiary/aromatic N) is 6. The van der Waals surface area contributed by atoms with E-state index in [-0.39, 0.29) is 11.6 Å². The van der Waals surface area contributed by atoms with Gasteiger partial charge in [0, 0.05) is 44.4 Å². The van der Waals surface area contributed by atoms with E-state index >= 15 is 0 Å². The highest BCUT2D eigenvalue weighted by Crippen LogP contribution is 2.57. The van der Waals surface area contributed by atoms with Crippen LogP contribution in [0.4, 0.5) is 20.4 Å². The number of aromatic nitrogens is 4. The number of hydrogen-bond donors (Lipinski definition) is 0. The van der Waals surface area contributed by atoms with Crippen molar-refractivity contribution in [2.24, 2.45) is 0 Å². The van der Waals surface area contributed by atoms with Crippen molar-refractivity contribution < 1.29 is 8.78 Å². The van der Waals surface area contributed by atoms with E-state index in [0.29, 0.717) is 22.9 Å². The van der Waals surface area contributed by atoms with Crippen molar-refractivity contribution in [2.45, 2.75) is 13.8 Å². The summed E-state index contributed by atoms with van der Waals surface area (Å²) in [5.74, 6) is 0.828. The Morgan fingerprint density at radius 1 is 0.522 bits per heavy atom. The molecule has 8 rings (SSSR count). The summed E-state index contributed by atoms with van der Waals surface area (Å²) < 4.78 is 28.0. The second-order valence-electron chi connectivity index (χ2n) is 10.8. The number of halogens is 2. The van der Waals surface area contributed by atoms with E-state index in [1.54, 1.807) is 60.2 Å². The number of anilines is 2. The van der Waals surface area contributed by atoms with Crippen LogP contribution >= 0.6 is 23.5 Å². The number of pyridine rings is 4. The lowest BCUT2D eigenvalue weighted by atomic mass is 10.1. The highest BCUT2D eigenvalue weighted by Gasteiger charge is 2.38. The summed E-state index contributed by atoms with van der Waals surface area (Å²) in [6, 6.07) is 28.9. The van der Waals surface area contributed by atoms with E-state index < -0.39 is 0 Å². The molecule has 0 saturated heterocycles. The molecule has 4 aromatic heterocycles. The first-order valence-corrected chi connectivity index (χ1v) is 16.2. The van der Waals surface area contributed by atoms with Gasteiger partial charge >= 0.3 is 0 Å². The van der Waals surface area contributed by atoms with Crippen LogP contribution in [0.2, 0.25) is 0 Å². The molecule has 2 aliphatic heterocycles. The third-order valence-corrected chi connectivity index (χ3v) is 10.6. The van der Waals surface area contributed by atoms with Crippen LogP contribution in [0.3, 0.4) is 0 Å². The second-order valence-corrected chi connectivity index (χ2v) is 12.8. The van der Waals surface area contributed by atoms with Gasteiger partial charge in [-0.05, 0) is 97.8 Å². The van der Waals surface area contributed by atoms with Crippen molar-refractivity contribution >= 4 is 67.0 Å². The molecule has 0 spiro atoms. The lowest BCUT2D eigenvalue weighted by Crippen LogP contribution is -2.23. The van der Waals surface area contributed by atoms with E-state index in [1.165, 1.54) is 24.3 Å². The molecule has 0 radical (unpaired) electrons. The largest absolute Gasteiger partial charge is 0.289 e. The minimum atomic E-state index is -0.292. The molecule has 0 atom stereocenters. The lowest BCUT2D eigenvalue weighted by molar-refractivity contribution is 0.627. The lowest BCUT2D eigenvalue weighted by Gasteiger charge is -2.27. The number of rotatable bonds is 4. The van der Waals surface area contributed by atoms with E-state index in [0.717, 1.165) is 53.2 Å². The maximum Gasteiger partial charge on any atom is 0.161 e. The van der Waals surface area contributed by atoms with Crippen LogP contribution in [0, 0.1) is 11.6 Å². The standard InChI is InChI=1S/C36H24F2N6S2/c1-21-31(23-7-13-27(37)14-8-23)45-35(43(21)29-17-11-25-5-3-19-39-33(25)41-29)36-44(30-18-12-26-6-4-20-40-34(26)42-30)22(2)32(46-36)24-9-15-28(38)16-10-24/h3-20H,1-2H3/b36-35+. The van der Waals surface area contributed by atoms with Crippen LogP contribution in [-0.2, 0) is 0 Å². The van der Waals surface area contributed by atoms with Gasteiger partial charge < -0.3 is 0 Å². The fraction of sp³-hybridized carbons (Fsp3) is 0.0556. The van der Waals surface area contributed by atoms with Crippen LogP contribution in [0.25, 0.3) is 31.9 Å². The Hall–Kier alpha value is -5.06. The maximum absolute atomic E-state index is 14.0. The maximum atomic E-state index is 14.0. The number of fused-ring (bicyclic) bond motifs is 2. The third-order valence-electron chi connectivity index (χ3n) is 7.88. The first-order valence-electron chi connectivity index (χ1n) is 14.5. The van der Waals surface area contributed by atoms with Gasteiger partial charge in [-0.3, -0.25) is 9.80 Å². The van der Waals surface area contributed by atoms with Gasteiger partial charge in [0.15, 0.2) is 11.3 Å². The first-order chi connectivity index (χ1) is 22.4. The van der Waals surface area contributed by atoms with E-state index in [1.807, 2.05) is 62.4 Å². The molecule has 0 N–H and O–H groups in total. The van der Waals surface area contributed by atoms with Gasteiger partial charge in [0.1, 0.15) is 33.3 Å². The Kier molecular flexibility index (Phi) is 7.03. The topological polar surface area (TPSA) is 58.0 Å². The minimum Gasteiger partial charge on any atom is -0.289 e. The first kappa shape index (κ1) is 28.4. The summed E-state index contributed by atoms with van der Waals surface area (Å²) in [5.41, 5.74) is 4.96. The van der Waals surface area contributed by atoms with Crippen LogP contribution < -0.4 is 9.80 Å². The Morgan fingerprint density at radius 3 is 1.35 bits per heavy atom. The zero-order valence-electron chi connectivity index (χ0n) is 24.6. The number of allylic oxidation sites excluding steroid dienone is 2. The molecule has 0 unspecified atom stereocenters. The number of hydrogen-bond acceptors (Lipinski definition) is 8. The predicted octanol–water partition coefficient (Wildman–Crippen LogP) is 9.56. The summed E-state index contributed by atoms with van der Waals surface area (Å²) in [6.45, 7) is 4.10. The van der Waals surface area contributed by atoms with Crippen LogP contribution in [0.5, 0.6) is 0 Å². The Balaban J connectivity index is 1.35. The zero-order chi connectivity index (χ0) is 31.4. The normalized spacial score (nSPS) is 16.9. The van der Waals surface area contributed by atoms with Crippen molar-refractivity contribution in [1.82, 2.24) is 19.9 Å². The van der Waals surface area contributed by atoms with Gasteiger partial charge in [0.25, 0.3) is 0 Å². The SMILES string of the molecule is CC1=C(c2ccc(F)cc2)S/C(=C2/SC(c3ccc(F)cc3)=C(C)N2c2ccc3cccnc3n2)N1c1ccc2cccnc2n1. The summed E-state index contributed by atoms with van der Waals surface area (Å²) in [5, 5.41) is 3.69. The molecule has 0 bridgehead atoms. The highest BCUT2D eigenvalue weighted by molar-refractivity contribution is 8.15. The monoisotopic (exact) mass is 642 g/mol. The molecule has 0 amide bonds. The summed E-state index contributed by atoms with van der Waals surface area (Å²) in [6.07, 6.45) is 3.47. The predicted molar refractivity (Wildman–Crippen MR) is 184 cm³/mol. The highest BCUT2D eigenvalue weighted by atomic mass is 32.2.